The van der Waals surface area contributed by atoms with Gasteiger partial charge in [-0.3, -0.25) is 9.59 Å². The first-order valence-corrected chi connectivity index (χ1v) is 7.60. The fraction of sp³-hybridized carbons (Fsp3) is 0.867. The largest absolute Gasteiger partial charge is 0.481 e. The third-order valence-electron chi connectivity index (χ3n) is 4.57. The molecule has 0 aromatic rings. The maximum absolute atomic E-state index is 12.4. The quantitative estimate of drug-likeness (QED) is 0.664. The van der Waals surface area contributed by atoms with Crippen molar-refractivity contribution in [2.24, 2.45) is 23.0 Å². The summed E-state index contributed by atoms with van der Waals surface area (Å²) >= 11 is 0. The Labute approximate surface area is 121 Å². The lowest BCUT2D eigenvalue weighted by atomic mass is 9.70. The highest BCUT2D eigenvalue weighted by Gasteiger charge is 2.39. The second-order valence-electron chi connectivity index (χ2n) is 6.41. The Balaban J connectivity index is 2.42. The van der Waals surface area contributed by atoms with Gasteiger partial charge in [0.25, 0.3) is 0 Å². The summed E-state index contributed by atoms with van der Waals surface area (Å²) in [5, 5.41) is 11.6. The van der Waals surface area contributed by atoms with Crippen molar-refractivity contribution in [3.8, 4) is 0 Å². The molecule has 0 radical (unpaired) electrons. The van der Waals surface area contributed by atoms with Gasteiger partial charge in [-0.15, -0.1) is 0 Å². The summed E-state index contributed by atoms with van der Waals surface area (Å²) in [5.41, 5.74) is 5.45. The molecule has 1 unspecified atom stereocenters. The predicted octanol–water partition coefficient (Wildman–Crippen LogP) is 1.76. The van der Waals surface area contributed by atoms with E-state index in [0.29, 0.717) is 25.4 Å². The predicted molar refractivity (Wildman–Crippen MR) is 78.2 cm³/mol. The van der Waals surface area contributed by atoms with Crippen molar-refractivity contribution in [3.63, 3.8) is 0 Å². The number of amides is 1. The molecular weight excluding hydrogens is 256 g/mol. The van der Waals surface area contributed by atoms with Crippen molar-refractivity contribution in [3.05, 3.63) is 0 Å². The molecule has 1 atom stereocenters. The second kappa shape index (κ2) is 7.62. The van der Waals surface area contributed by atoms with E-state index in [-0.39, 0.29) is 18.2 Å². The van der Waals surface area contributed by atoms with Crippen molar-refractivity contribution >= 4 is 11.9 Å². The lowest BCUT2D eigenvalue weighted by Crippen LogP contribution is -2.48. The highest BCUT2D eigenvalue weighted by Crippen LogP contribution is 2.38. The fourth-order valence-corrected chi connectivity index (χ4v) is 2.76. The summed E-state index contributed by atoms with van der Waals surface area (Å²) in [7, 11) is 0. The number of carboxylic acids is 1. The van der Waals surface area contributed by atoms with E-state index in [1.54, 1.807) is 0 Å². The van der Waals surface area contributed by atoms with Gasteiger partial charge in [0.1, 0.15) is 0 Å². The Morgan fingerprint density at radius 3 is 2.50 bits per heavy atom. The summed E-state index contributed by atoms with van der Waals surface area (Å²) in [6, 6.07) is 0. The maximum Gasteiger partial charge on any atom is 0.303 e. The summed E-state index contributed by atoms with van der Waals surface area (Å²) in [4.78, 5) is 22.9. The molecule has 0 heterocycles. The number of carbonyl (C=O) groups excluding carboxylic acids is 1. The maximum atomic E-state index is 12.4. The van der Waals surface area contributed by atoms with Crippen molar-refractivity contribution in [2.75, 3.05) is 13.1 Å². The van der Waals surface area contributed by atoms with Crippen molar-refractivity contribution in [1.29, 1.82) is 0 Å². The minimum Gasteiger partial charge on any atom is -0.481 e. The van der Waals surface area contributed by atoms with Crippen molar-refractivity contribution in [2.45, 2.75) is 52.4 Å². The molecule has 5 nitrogen and oxygen atoms in total. The minimum absolute atomic E-state index is 0.0501. The van der Waals surface area contributed by atoms with Crippen LogP contribution in [0.2, 0.25) is 0 Å². The lowest BCUT2D eigenvalue weighted by molar-refractivity contribution is -0.137. The average molecular weight is 284 g/mol. The van der Waals surface area contributed by atoms with Crippen molar-refractivity contribution in [1.82, 2.24) is 5.32 Å². The highest BCUT2D eigenvalue weighted by atomic mass is 16.4. The Morgan fingerprint density at radius 1 is 1.40 bits per heavy atom. The minimum atomic E-state index is -0.789. The van der Waals surface area contributed by atoms with Crippen LogP contribution in [0.15, 0.2) is 0 Å². The molecule has 1 rings (SSSR count). The van der Waals surface area contributed by atoms with Crippen LogP contribution >= 0.6 is 0 Å². The van der Waals surface area contributed by atoms with Crippen LogP contribution in [-0.4, -0.2) is 30.1 Å². The van der Waals surface area contributed by atoms with Gasteiger partial charge in [0, 0.05) is 19.5 Å². The molecule has 1 aliphatic rings. The fourth-order valence-electron chi connectivity index (χ4n) is 2.76. The zero-order valence-electron chi connectivity index (χ0n) is 12.7. The summed E-state index contributed by atoms with van der Waals surface area (Å²) < 4.78 is 0. The van der Waals surface area contributed by atoms with Gasteiger partial charge in [-0.25, -0.2) is 0 Å². The Kier molecular flexibility index (Phi) is 6.46. The Hall–Kier alpha value is -1.10. The van der Waals surface area contributed by atoms with Crippen LogP contribution in [0.5, 0.6) is 0 Å². The van der Waals surface area contributed by atoms with Crippen LogP contribution in [0.4, 0.5) is 0 Å². The van der Waals surface area contributed by atoms with Crippen LogP contribution in [0.3, 0.4) is 0 Å². The highest BCUT2D eigenvalue weighted by molar-refractivity contribution is 5.83. The number of carbonyl (C=O) groups is 2. The van der Waals surface area contributed by atoms with Gasteiger partial charge in [-0.1, -0.05) is 13.8 Å². The van der Waals surface area contributed by atoms with Gasteiger partial charge in [0.15, 0.2) is 0 Å². The van der Waals surface area contributed by atoms with Crippen LogP contribution in [0.1, 0.15) is 52.4 Å². The molecule has 5 heteroatoms. The van der Waals surface area contributed by atoms with Gasteiger partial charge in [0.2, 0.25) is 5.91 Å². The van der Waals surface area contributed by atoms with Gasteiger partial charge >= 0.3 is 5.97 Å². The standard InChI is InChI=1S/C15H28N2O3/c1-11-5-7-15(10-16,8-6-11)14(20)17-9-12(2)3-4-13(18)19/h11-12H,3-10,16H2,1-2H3,(H,17,20)(H,18,19). The summed E-state index contributed by atoms with van der Waals surface area (Å²) in [5.74, 6) is 0.112. The number of carboxylic acid groups (broad SMARTS) is 1. The first-order valence-electron chi connectivity index (χ1n) is 7.60. The van der Waals surface area contributed by atoms with Gasteiger partial charge in [0.05, 0.1) is 5.41 Å². The molecule has 1 aliphatic carbocycles. The van der Waals surface area contributed by atoms with Crippen LogP contribution < -0.4 is 11.1 Å². The molecule has 1 fully saturated rings. The molecule has 0 saturated heterocycles. The molecule has 0 aliphatic heterocycles. The van der Waals surface area contributed by atoms with Gasteiger partial charge < -0.3 is 16.2 Å². The number of nitrogens with two attached hydrogens (primary N) is 1. The SMILES string of the molecule is CC1CCC(CN)(C(=O)NCC(C)CCC(=O)O)CC1. The Morgan fingerprint density at radius 2 is 2.00 bits per heavy atom. The van der Waals surface area contributed by atoms with E-state index in [1.807, 2.05) is 6.92 Å². The molecule has 116 valence electrons. The van der Waals surface area contributed by atoms with Gasteiger partial charge in [-0.05, 0) is 43.9 Å². The van der Waals surface area contributed by atoms with E-state index in [9.17, 15) is 9.59 Å². The number of nitrogens with one attached hydrogen (secondary N) is 1. The molecule has 4 N–H and O–H groups in total. The first kappa shape index (κ1) is 17.0. The number of hydrogen-bond acceptors (Lipinski definition) is 3. The third kappa shape index (κ3) is 4.78. The van der Waals surface area contributed by atoms with Gasteiger partial charge in [-0.2, -0.15) is 0 Å². The molecule has 1 saturated carbocycles. The first-order chi connectivity index (χ1) is 9.39. The summed E-state index contributed by atoms with van der Waals surface area (Å²) in [6.07, 6.45) is 4.57. The Bertz CT molecular complexity index is 336. The number of aliphatic carboxylic acids is 1. The molecule has 1 amide bonds. The topological polar surface area (TPSA) is 92.4 Å². The third-order valence-corrected chi connectivity index (χ3v) is 4.57. The van der Waals surface area contributed by atoms with E-state index in [2.05, 4.69) is 12.2 Å². The molecule has 0 bridgehead atoms. The molecular formula is C15H28N2O3. The van der Waals surface area contributed by atoms with E-state index in [1.165, 1.54) is 0 Å². The molecule has 0 spiro atoms. The van der Waals surface area contributed by atoms with E-state index < -0.39 is 11.4 Å². The van der Waals surface area contributed by atoms with Crippen molar-refractivity contribution < 1.29 is 14.7 Å². The molecule has 0 aromatic carbocycles. The van der Waals surface area contributed by atoms with E-state index in [0.717, 1.165) is 25.7 Å². The average Bonchev–Trinajstić information content (AvgIpc) is 2.43. The zero-order chi connectivity index (χ0) is 15.2. The number of hydrogen-bond donors (Lipinski definition) is 3. The smallest absolute Gasteiger partial charge is 0.303 e. The molecule has 20 heavy (non-hydrogen) atoms. The zero-order valence-corrected chi connectivity index (χ0v) is 12.7. The molecule has 0 aromatic heterocycles. The number of rotatable bonds is 7. The van der Waals surface area contributed by atoms with E-state index in [4.69, 9.17) is 10.8 Å². The second-order valence-corrected chi connectivity index (χ2v) is 6.41. The normalized spacial score (nSPS) is 27.9. The van der Waals surface area contributed by atoms with Crippen LogP contribution in [-0.2, 0) is 9.59 Å². The van der Waals surface area contributed by atoms with Crippen LogP contribution in [0.25, 0.3) is 0 Å². The van der Waals surface area contributed by atoms with E-state index >= 15 is 0 Å². The monoisotopic (exact) mass is 284 g/mol. The summed E-state index contributed by atoms with van der Waals surface area (Å²) in [6.45, 7) is 5.10. The van der Waals surface area contributed by atoms with Crippen LogP contribution in [0, 0.1) is 17.3 Å². The lowest BCUT2D eigenvalue weighted by Gasteiger charge is -2.37.